The lowest BCUT2D eigenvalue weighted by Crippen LogP contribution is -2.36. The van der Waals surface area contributed by atoms with E-state index in [1.54, 1.807) is 0 Å². The van der Waals surface area contributed by atoms with Crippen molar-refractivity contribution in [2.75, 3.05) is 0 Å². The van der Waals surface area contributed by atoms with Crippen LogP contribution in [0.4, 0.5) is 0 Å². The normalized spacial score (nSPS) is 9.67. The zero-order valence-electron chi connectivity index (χ0n) is 9.25. The molecule has 0 aromatic heterocycles. The average molecular weight is 216 g/mol. The van der Waals surface area contributed by atoms with E-state index in [1.807, 2.05) is 5.59 Å². The first-order valence-electron chi connectivity index (χ1n) is 5.44. The molecule has 88 valence electrons. The molecule has 0 heterocycles. The summed E-state index contributed by atoms with van der Waals surface area (Å²) in [4.78, 5) is 24.8. The van der Waals surface area contributed by atoms with Crippen LogP contribution in [0.15, 0.2) is 0 Å². The summed E-state index contributed by atoms with van der Waals surface area (Å²) in [5.41, 5.74) is 4.27. The van der Waals surface area contributed by atoms with Gasteiger partial charge >= 0.3 is 6.47 Å². The van der Waals surface area contributed by atoms with E-state index in [2.05, 4.69) is 17.2 Å². The quantitative estimate of drug-likeness (QED) is 0.329. The van der Waals surface area contributed by atoms with Gasteiger partial charge in [-0.25, -0.2) is 0 Å². The molecule has 0 rings (SSSR count). The van der Waals surface area contributed by atoms with Gasteiger partial charge in [0.2, 0.25) is 5.91 Å². The van der Waals surface area contributed by atoms with Crippen LogP contribution in [0.25, 0.3) is 0 Å². The number of carbonyl (C=O) groups excluding carboxylic acids is 2. The molecule has 0 atom stereocenters. The summed E-state index contributed by atoms with van der Waals surface area (Å²) in [6.45, 7) is 2.39. The van der Waals surface area contributed by atoms with Gasteiger partial charge in [-0.05, 0) is 6.42 Å². The van der Waals surface area contributed by atoms with Crippen molar-refractivity contribution >= 4 is 12.4 Å². The summed E-state index contributed by atoms with van der Waals surface area (Å²) in [6.07, 6.45) is 7.32. The molecule has 0 bridgehead atoms. The minimum absolute atomic E-state index is 0.160. The molecule has 0 aliphatic heterocycles. The minimum Gasteiger partial charge on any atom is -0.354 e. The lowest BCUT2D eigenvalue weighted by Gasteiger charge is -2.03. The van der Waals surface area contributed by atoms with E-state index >= 15 is 0 Å². The van der Waals surface area contributed by atoms with E-state index in [0.29, 0.717) is 6.42 Å². The average Bonchev–Trinajstić information content (AvgIpc) is 2.23. The molecule has 0 aliphatic rings. The Morgan fingerprint density at radius 2 is 1.87 bits per heavy atom. The van der Waals surface area contributed by atoms with Crippen LogP contribution in [0.1, 0.15) is 51.9 Å². The van der Waals surface area contributed by atoms with E-state index in [-0.39, 0.29) is 12.4 Å². The van der Waals surface area contributed by atoms with Gasteiger partial charge in [0.25, 0.3) is 0 Å². The molecule has 0 unspecified atom stereocenters. The summed E-state index contributed by atoms with van der Waals surface area (Å²) in [5, 5.41) is 0. The number of unbranched alkanes of at least 4 members (excludes halogenated alkanes) is 5. The molecule has 2 N–H and O–H groups in total. The summed E-state index contributed by atoms with van der Waals surface area (Å²) in [6, 6.07) is 0. The number of hydrogen-bond acceptors (Lipinski definition) is 4. The fourth-order valence-electron chi connectivity index (χ4n) is 1.24. The van der Waals surface area contributed by atoms with Gasteiger partial charge in [-0.2, -0.15) is 0 Å². The highest BCUT2D eigenvalue weighted by atomic mass is 16.7. The second-order valence-corrected chi connectivity index (χ2v) is 3.38. The first kappa shape index (κ1) is 13.9. The van der Waals surface area contributed by atoms with Crippen molar-refractivity contribution in [2.24, 2.45) is 0 Å². The van der Waals surface area contributed by atoms with Crippen molar-refractivity contribution in [3.63, 3.8) is 0 Å². The van der Waals surface area contributed by atoms with E-state index in [9.17, 15) is 9.59 Å². The topological polar surface area (TPSA) is 67.4 Å². The van der Waals surface area contributed by atoms with Crippen molar-refractivity contribution < 1.29 is 14.4 Å². The van der Waals surface area contributed by atoms with E-state index < -0.39 is 0 Å². The number of carbonyl (C=O) groups is 2. The van der Waals surface area contributed by atoms with Crippen molar-refractivity contribution in [3.05, 3.63) is 0 Å². The molecule has 5 heteroatoms. The number of hydrogen-bond donors (Lipinski definition) is 2. The van der Waals surface area contributed by atoms with E-state index in [0.717, 1.165) is 12.8 Å². The molecule has 0 aromatic carbocycles. The summed E-state index contributed by atoms with van der Waals surface area (Å²) in [5.74, 6) is -0.160. The molecular formula is C10H20N2O3. The maximum atomic E-state index is 11.0. The van der Waals surface area contributed by atoms with Crippen LogP contribution < -0.4 is 11.0 Å². The van der Waals surface area contributed by atoms with Crippen LogP contribution in [0.5, 0.6) is 0 Å². The van der Waals surface area contributed by atoms with E-state index in [4.69, 9.17) is 0 Å². The van der Waals surface area contributed by atoms with Crippen LogP contribution in [0.2, 0.25) is 0 Å². The summed E-state index contributed by atoms with van der Waals surface area (Å²) in [7, 11) is 0. The van der Waals surface area contributed by atoms with Crippen LogP contribution in [-0.4, -0.2) is 12.4 Å². The van der Waals surface area contributed by atoms with Crippen LogP contribution >= 0.6 is 0 Å². The lowest BCUT2D eigenvalue weighted by molar-refractivity contribution is -0.141. The largest absolute Gasteiger partial charge is 0.354 e. The SMILES string of the molecule is CCCCCCCCC(=O)NNOC=O. The number of hydrazine groups is 1. The highest BCUT2D eigenvalue weighted by Gasteiger charge is 1.99. The Balaban J connectivity index is 3.13. The first-order valence-corrected chi connectivity index (χ1v) is 5.44. The third kappa shape index (κ3) is 10.8. The zero-order valence-corrected chi connectivity index (χ0v) is 9.25. The number of rotatable bonds is 10. The highest BCUT2D eigenvalue weighted by Crippen LogP contribution is 2.06. The van der Waals surface area contributed by atoms with Gasteiger partial charge in [0.15, 0.2) is 0 Å². The Labute approximate surface area is 90.5 Å². The standard InChI is InChI=1S/C10H20N2O3/c1-2-3-4-5-6-7-8-10(14)11-12-15-9-13/h9,12H,2-8H2,1H3,(H,11,14). The van der Waals surface area contributed by atoms with Gasteiger partial charge in [0, 0.05) is 6.42 Å². The first-order chi connectivity index (χ1) is 7.31. The molecule has 0 saturated carbocycles. The van der Waals surface area contributed by atoms with Gasteiger partial charge in [-0.1, -0.05) is 44.6 Å². The molecule has 0 radical (unpaired) electrons. The van der Waals surface area contributed by atoms with Gasteiger partial charge in [0.05, 0.1) is 0 Å². The van der Waals surface area contributed by atoms with Crippen LogP contribution in [0, 0.1) is 0 Å². The molecule has 0 aromatic rings. The fraction of sp³-hybridized carbons (Fsp3) is 0.800. The Hall–Kier alpha value is -1.10. The van der Waals surface area contributed by atoms with Crippen molar-refractivity contribution in [1.82, 2.24) is 11.0 Å². The number of amides is 1. The number of nitrogens with one attached hydrogen (secondary N) is 2. The zero-order chi connectivity index (χ0) is 11.4. The lowest BCUT2D eigenvalue weighted by atomic mass is 10.1. The van der Waals surface area contributed by atoms with Crippen molar-refractivity contribution in [3.8, 4) is 0 Å². The molecule has 15 heavy (non-hydrogen) atoms. The van der Waals surface area contributed by atoms with Crippen molar-refractivity contribution in [1.29, 1.82) is 0 Å². The van der Waals surface area contributed by atoms with Gasteiger partial charge in [0.1, 0.15) is 0 Å². The third-order valence-corrected chi connectivity index (χ3v) is 2.05. The molecule has 5 nitrogen and oxygen atoms in total. The van der Waals surface area contributed by atoms with Gasteiger partial charge in [-0.3, -0.25) is 15.0 Å². The Bertz CT molecular complexity index is 174. The monoisotopic (exact) mass is 216 g/mol. The van der Waals surface area contributed by atoms with Gasteiger partial charge < -0.3 is 4.84 Å². The second-order valence-electron chi connectivity index (χ2n) is 3.38. The predicted molar refractivity (Wildman–Crippen MR) is 56.4 cm³/mol. The fourth-order valence-corrected chi connectivity index (χ4v) is 1.24. The van der Waals surface area contributed by atoms with Crippen molar-refractivity contribution in [2.45, 2.75) is 51.9 Å². The molecule has 0 aliphatic carbocycles. The second kappa shape index (κ2) is 11.0. The maximum Gasteiger partial charge on any atom is 0.315 e. The highest BCUT2D eigenvalue weighted by molar-refractivity contribution is 5.75. The Morgan fingerprint density at radius 3 is 2.53 bits per heavy atom. The Morgan fingerprint density at radius 1 is 1.20 bits per heavy atom. The molecule has 1 amide bonds. The van der Waals surface area contributed by atoms with Gasteiger partial charge in [-0.15, -0.1) is 0 Å². The van der Waals surface area contributed by atoms with E-state index in [1.165, 1.54) is 25.7 Å². The minimum atomic E-state index is -0.160. The molecule has 0 fully saturated rings. The molecule has 0 spiro atoms. The smallest absolute Gasteiger partial charge is 0.315 e. The molecule has 0 saturated heterocycles. The van der Waals surface area contributed by atoms with Crippen LogP contribution in [-0.2, 0) is 14.4 Å². The predicted octanol–water partition coefficient (Wildman–Crippen LogP) is 1.45. The Kier molecular flexibility index (Phi) is 10.2. The third-order valence-electron chi connectivity index (χ3n) is 2.05. The van der Waals surface area contributed by atoms with Crippen LogP contribution in [0.3, 0.4) is 0 Å². The molecular weight excluding hydrogens is 196 g/mol. The maximum absolute atomic E-state index is 11.0. The summed E-state index contributed by atoms with van der Waals surface area (Å²) < 4.78 is 0. The summed E-state index contributed by atoms with van der Waals surface area (Å²) >= 11 is 0.